The summed E-state index contributed by atoms with van der Waals surface area (Å²) in [5, 5.41) is 0. The quantitative estimate of drug-likeness (QED) is 0.663. The largest absolute Gasteiger partial charge is 0.477 e. The topological polar surface area (TPSA) is 36.0 Å². The Morgan fingerprint density at radius 1 is 1.23 bits per heavy atom. The van der Waals surface area contributed by atoms with Gasteiger partial charge in [-0.2, -0.15) is 0 Å². The minimum atomic E-state index is 0.138. The van der Waals surface area contributed by atoms with Gasteiger partial charge in [-0.3, -0.25) is 4.79 Å². The Balaban J connectivity index is 1.35. The van der Waals surface area contributed by atoms with Gasteiger partial charge in [0.05, 0.1) is 6.10 Å². The molecule has 2 fully saturated rings. The molecule has 164 valence electrons. The molecular weight excluding hydrogens is 374 g/mol. The van der Waals surface area contributed by atoms with Crippen LogP contribution in [0.2, 0.25) is 0 Å². The Morgan fingerprint density at radius 3 is 2.67 bits per heavy atom. The van der Waals surface area contributed by atoms with Crippen molar-refractivity contribution in [2.75, 3.05) is 44.2 Å². The van der Waals surface area contributed by atoms with Gasteiger partial charge >= 0.3 is 0 Å². The number of likely N-dealkylation sites (tertiary alicyclic amines) is 2. The molecule has 5 heteroatoms. The molecule has 0 unspecified atom stereocenters. The SMILES string of the molecule is C=C(OC(C)C)N1CC[C@@H](CN2CCC3(CC2)CN(C(=O)CC)c2ccccc23)C1. The molecule has 1 atom stereocenters. The monoisotopic (exact) mass is 411 g/mol. The maximum absolute atomic E-state index is 12.5. The third kappa shape index (κ3) is 4.09. The van der Waals surface area contributed by atoms with Crippen LogP contribution in [-0.4, -0.2) is 61.1 Å². The van der Waals surface area contributed by atoms with Crippen molar-refractivity contribution in [2.45, 2.75) is 58.0 Å². The Hall–Kier alpha value is -2.01. The lowest BCUT2D eigenvalue weighted by molar-refractivity contribution is -0.118. The van der Waals surface area contributed by atoms with Gasteiger partial charge in [0.15, 0.2) is 5.88 Å². The molecule has 0 radical (unpaired) electrons. The van der Waals surface area contributed by atoms with Crippen molar-refractivity contribution in [3.8, 4) is 0 Å². The zero-order chi connectivity index (χ0) is 21.3. The third-order valence-corrected chi connectivity index (χ3v) is 7.17. The van der Waals surface area contributed by atoms with Gasteiger partial charge in [-0.25, -0.2) is 0 Å². The number of rotatable bonds is 6. The summed E-state index contributed by atoms with van der Waals surface area (Å²) in [6.45, 7) is 16.5. The highest BCUT2D eigenvalue weighted by Crippen LogP contribution is 2.47. The summed E-state index contributed by atoms with van der Waals surface area (Å²) in [5.41, 5.74) is 2.67. The molecule has 3 aliphatic rings. The van der Waals surface area contributed by atoms with Gasteiger partial charge in [-0.05, 0) is 70.3 Å². The van der Waals surface area contributed by atoms with Crippen molar-refractivity contribution in [3.05, 3.63) is 42.3 Å². The number of carbonyl (C=O) groups excluding carboxylic acids is 1. The summed E-state index contributed by atoms with van der Waals surface area (Å²) < 4.78 is 5.79. The van der Waals surface area contributed by atoms with Gasteiger partial charge in [0.25, 0.3) is 0 Å². The van der Waals surface area contributed by atoms with E-state index in [0.717, 1.165) is 63.7 Å². The van der Waals surface area contributed by atoms with E-state index >= 15 is 0 Å². The third-order valence-electron chi connectivity index (χ3n) is 7.17. The molecule has 1 aromatic rings. The van der Waals surface area contributed by atoms with Gasteiger partial charge < -0.3 is 19.4 Å². The van der Waals surface area contributed by atoms with Crippen molar-refractivity contribution in [2.24, 2.45) is 5.92 Å². The van der Waals surface area contributed by atoms with Crippen LogP contribution in [0.4, 0.5) is 5.69 Å². The van der Waals surface area contributed by atoms with Crippen LogP contribution in [0.25, 0.3) is 0 Å². The minimum Gasteiger partial charge on any atom is -0.477 e. The fourth-order valence-electron chi connectivity index (χ4n) is 5.55. The highest BCUT2D eigenvalue weighted by molar-refractivity contribution is 5.96. The summed E-state index contributed by atoms with van der Waals surface area (Å²) in [6, 6.07) is 8.57. The normalized spacial score (nSPS) is 23.3. The zero-order valence-electron chi connectivity index (χ0n) is 18.9. The number of fused-ring (bicyclic) bond motifs is 2. The molecular formula is C25H37N3O2. The molecule has 1 amide bonds. The van der Waals surface area contributed by atoms with Crippen LogP contribution in [-0.2, 0) is 14.9 Å². The van der Waals surface area contributed by atoms with Gasteiger partial charge in [0.2, 0.25) is 5.91 Å². The first-order valence-corrected chi connectivity index (χ1v) is 11.6. The molecule has 4 rings (SSSR count). The van der Waals surface area contributed by atoms with Gasteiger partial charge in [-0.1, -0.05) is 25.1 Å². The van der Waals surface area contributed by atoms with Crippen LogP contribution < -0.4 is 4.90 Å². The molecule has 0 aromatic heterocycles. The predicted molar refractivity (Wildman–Crippen MR) is 121 cm³/mol. The predicted octanol–water partition coefficient (Wildman–Crippen LogP) is 3.99. The molecule has 1 aromatic carbocycles. The number of hydrogen-bond acceptors (Lipinski definition) is 4. The van der Waals surface area contributed by atoms with Gasteiger partial charge in [0.1, 0.15) is 0 Å². The minimum absolute atomic E-state index is 0.138. The van der Waals surface area contributed by atoms with E-state index in [0.29, 0.717) is 12.3 Å². The molecule has 2 saturated heterocycles. The van der Waals surface area contributed by atoms with E-state index in [-0.39, 0.29) is 17.4 Å². The standard InChI is InChI=1S/C25H37N3O2/c1-5-24(29)28-18-25(22-8-6-7-9-23(22)28)11-14-26(15-12-25)16-21-10-13-27(17-21)20(4)30-19(2)3/h6-9,19,21H,4-5,10-18H2,1-3H3/t21-/m0/s1. The number of hydrogen-bond donors (Lipinski definition) is 0. The van der Waals surface area contributed by atoms with Crippen molar-refractivity contribution < 1.29 is 9.53 Å². The lowest BCUT2D eigenvalue weighted by atomic mass is 9.74. The van der Waals surface area contributed by atoms with E-state index in [1.165, 1.54) is 12.0 Å². The number of ether oxygens (including phenoxy) is 1. The highest BCUT2D eigenvalue weighted by atomic mass is 16.5. The van der Waals surface area contributed by atoms with Crippen LogP contribution in [0, 0.1) is 5.92 Å². The van der Waals surface area contributed by atoms with Crippen molar-refractivity contribution in [1.82, 2.24) is 9.80 Å². The first-order chi connectivity index (χ1) is 14.4. The fourth-order valence-corrected chi connectivity index (χ4v) is 5.55. The summed E-state index contributed by atoms with van der Waals surface area (Å²) in [6.07, 6.45) is 4.24. The molecule has 1 spiro atoms. The molecule has 5 nitrogen and oxygen atoms in total. The summed E-state index contributed by atoms with van der Waals surface area (Å²) in [7, 11) is 0. The average molecular weight is 412 g/mol. The molecule has 0 bridgehead atoms. The smallest absolute Gasteiger partial charge is 0.226 e. The van der Waals surface area contributed by atoms with Crippen molar-refractivity contribution >= 4 is 11.6 Å². The molecule has 0 N–H and O–H groups in total. The number of nitrogens with zero attached hydrogens (tertiary/aromatic N) is 3. The fraction of sp³-hybridized carbons (Fsp3) is 0.640. The second-order valence-electron chi connectivity index (χ2n) is 9.59. The number of benzene rings is 1. The van der Waals surface area contributed by atoms with E-state index in [1.54, 1.807) is 0 Å². The van der Waals surface area contributed by atoms with E-state index in [2.05, 4.69) is 54.5 Å². The van der Waals surface area contributed by atoms with Crippen LogP contribution in [0.3, 0.4) is 0 Å². The first kappa shape index (κ1) is 21.2. The summed E-state index contributed by atoms with van der Waals surface area (Å²) >= 11 is 0. The van der Waals surface area contributed by atoms with E-state index in [9.17, 15) is 4.79 Å². The Kier molecular flexibility index (Phi) is 6.10. The lowest BCUT2D eigenvalue weighted by Crippen LogP contribution is -2.47. The van der Waals surface area contributed by atoms with E-state index in [1.807, 2.05) is 11.8 Å². The first-order valence-electron chi connectivity index (χ1n) is 11.6. The molecule has 30 heavy (non-hydrogen) atoms. The highest BCUT2D eigenvalue weighted by Gasteiger charge is 2.46. The van der Waals surface area contributed by atoms with Crippen LogP contribution in [0.5, 0.6) is 0 Å². The molecule has 3 heterocycles. The zero-order valence-corrected chi connectivity index (χ0v) is 18.9. The summed E-state index contributed by atoms with van der Waals surface area (Å²) in [4.78, 5) is 19.5. The average Bonchev–Trinajstić information content (AvgIpc) is 3.33. The Labute approximate surface area is 181 Å². The van der Waals surface area contributed by atoms with Crippen LogP contribution >= 0.6 is 0 Å². The van der Waals surface area contributed by atoms with Crippen molar-refractivity contribution in [1.29, 1.82) is 0 Å². The van der Waals surface area contributed by atoms with Gasteiger partial charge in [0, 0.05) is 43.7 Å². The maximum Gasteiger partial charge on any atom is 0.226 e. The number of piperidine rings is 1. The second kappa shape index (κ2) is 8.62. The van der Waals surface area contributed by atoms with Crippen molar-refractivity contribution in [3.63, 3.8) is 0 Å². The molecule has 0 saturated carbocycles. The number of para-hydroxylation sites is 1. The molecule has 3 aliphatic heterocycles. The second-order valence-corrected chi connectivity index (χ2v) is 9.59. The van der Waals surface area contributed by atoms with Gasteiger partial charge in [-0.15, -0.1) is 0 Å². The lowest BCUT2D eigenvalue weighted by Gasteiger charge is -2.40. The molecule has 0 aliphatic carbocycles. The maximum atomic E-state index is 12.5. The van der Waals surface area contributed by atoms with Crippen LogP contribution in [0.1, 0.15) is 52.0 Å². The van der Waals surface area contributed by atoms with E-state index < -0.39 is 0 Å². The van der Waals surface area contributed by atoms with E-state index in [4.69, 9.17) is 4.74 Å². The van der Waals surface area contributed by atoms with Crippen LogP contribution in [0.15, 0.2) is 36.7 Å². The number of anilines is 1. The Bertz CT molecular complexity index is 782. The number of amides is 1. The number of carbonyl (C=O) groups is 1. The summed E-state index contributed by atoms with van der Waals surface area (Å²) in [5.74, 6) is 1.76. The Morgan fingerprint density at radius 2 is 1.97 bits per heavy atom.